The number of furan rings is 1. The number of fused-ring (bicyclic) bond motifs is 1. The number of benzene rings is 1. The molecule has 2 unspecified atom stereocenters. The number of amides is 1. The number of aliphatic hydroxyl groups is 1. The van der Waals surface area contributed by atoms with E-state index in [1.54, 1.807) is 13.0 Å². The van der Waals surface area contributed by atoms with Gasteiger partial charge < -0.3 is 19.9 Å². The van der Waals surface area contributed by atoms with Gasteiger partial charge in [-0.15, -0.1) is 0 Å². The normalized spacial score (nSPS) is 13.9. The molecule has 3 N–H and O–H groups in total. The maximum absolute atomic E-state index is 13.6. The zero-order valence-corrected chi connectivity index (χ0v) is 11.4. The maximum Gasteiger partial charge on any atom is 0.328 e. The molecule has 1 amide bonds. The van der Waals surface area contributed by atoms with Crippen molar-refractivity contribution in [2.45, 2.75) is 26.0 Å². The summed E-state index contributed by atoms with van der Waals surface area (Å²) in [6, 6.07) is 2.80. The van der Waals surface area contributed by atoms with Crippen molar-refractivity contribution < 1.29 is 28.6 Å². The average Bonchev–Trinajstić information content (AvgIpc) is 2.74. The van der Waals surface area contributed by atoms with Crippen LogP contribution in [-0.4, -0.2) is 34.2 Å². The van der Waals surface area contributed by atoms with E-state index >= 15 is 0 Å². The number of nitrogens with one attached hydrogen (secondary N) is 1. The smallest absolute Gasteiger partial charge is 0.328 e. The molecule has 1 heterocycles. The minimum atomic E-state index is -1.48. The van der Waals surface area contributed by atoms with E-state index in [-0.39, 0.29) is 11.3 Å². The molecule has 0 radical (unpaired) electrons. The van der Waals surface area contributed by atoms with E-state index in [0.29, 0.717) is 10.9 Å². The van der Waals surface area contributed by atoms with Crippen LogP contribution < -0.4 is 5.32 Å². The molecule has 1 aromatic heterocycles. The van der Waals surface area contributed by atoms with Crippen molar-refractivity contribution in [2.24, 2.45) is 0 Å². The number of hydrogen-bond donors (Lipinski definition) is 3. The number of carboxylic acids is 1. The van der Waals surface area contributed by atoms with Gasteiger partial charge in [-0.2, -0.15) is 0 Å². The van der Waals surface area contributed by atoms with E-state index in [0.717, 1.165) is 0 Å². The van der Waals surface area contributed by atoms with Crippen molar-refractivity contribution in [3.8, 4) is 0 Å². The number of aliphatic hydroxyl groups excluding tert-OH is 1. The van der Waals surface area contributed by atoms with Crippen molar-refractivity contribution in [3.05, 3.63) is 35.3 Å². The topological polar surface area (TPSA) is 99.8 Å². The lowest BCUT2D eigenvalue weighted by atomic mass is 10.1. The zero-order valence-electron chi connectivity index (χ0n) is 11.4. The first-order valence-electron chi connectivity index (χ1n) is 6.22. The highest BCUT2D eigenvalue weighted by Crippen LogP contribution is 2.27. The Morgan fingerprint density at radius 1 is 1.38 bits per heavy atom. The van der Waals surface area contributed by atoms with Crippen LogP contribution in [0.3, 0.4) is 0 Å². The van der Waals surface area contributed by atoms with Crippen LogP contribution in [0.4, 0.5) is 4.39 Å². The van der Waals surface area contributed by atoms with Crippen LogP contribution in [-0.2, 0) is 4.79 Å². The molecule has 0 fully saturated rings. The molecule has 0 aliphatic carbocycles. The largest absolute Gasteiger partial charge is 0.480 e. The van der Waals surface area contributed by atoms with Crippen LogP contribution >= 0.6 is 0 Å². The zero-order chi connectivity index (χ0) is 15.7. The fraction of sp³-hybridized carbons (Fsp3) is 0.286. The predicted molar refractivity (Wildman–Crippen MR) is 71.5 cm³/mol. The minimum absolute atomic E-state index is 0.0657. The highest BCUT2D eigenvalue weighted by molar-refractivity contribution is 6.00. The Labute approximate surface area is 119 Å². The third-order valence-corrected chi connectivity index (χ3v) is 3.16. The summed E-state index contributed by atoms with van der Waals surface area (Å²) in [5.41, 5.74) is 0.334. The van der Waals surface area contributed by atoms with Crippen LogP contribution in [0.5, 0.6) is 0 Å². The molecule has 0 saturated carbocycles. The second-order valence-electron chi connectivity index (χ2n) is 4.70. The summed E-state index contributed by atoms with van der Waals surface area (Å²) in [5, 5.41) is 20.9. The quantitative estimate of drug-likeness (QED) is 0.792. The molecule has 1 aromatic carbocycles. The number of carbonyl (C=O) groups is 2. The number of aliphatic carboxylic acids is 1. The number of carboxylic acid groups (broad SMARTS) is 1. The monoisotopic (exact) mass is 295 g/mol. The van der Waals surface area contributed by atoms with Crippen LogP contribution in [0.15, 0.2) is 22.6 Å². The second-order valence-corrected chi connectivity index (χ2v) is 4.70. The van der Waals surface area contributed by atoms with Gasteiger partial charge in [-0.3, -0.25) is 4.79 Å². The van der Waals surface area contributed by atoms with E-state index in [9.17, 15) is 19.1 Å². The number of aryl methyl sites for hydroxylation is 1. The number of rotatable bonds is 4. The molecule has 0 spiro atoms. The molecule has 21 heavy (non-hydrogen) atoms. The Hall–Kier alpha value is -2.41. The van der Waals surface area contributed by atoms with Gasteiger partial charge in [0.1, 0.15) is 0 Å². The van der Waals surface area contributed by atoms with Crippen LogP contribution in [0.2, 0.25) is 0 Å². The Kier molecular flexibility index (Phi) is 3.95. The standard InChI is InChI=1S/C14H14FNO5/c1-6-8-4-3-5-9(15)12(8)21-11(6)13(18)16-10(7(2)17)14(19)20/h3-5,7,10,17H,1-2H3,(H,16,18)(H,19,20). The summed E-state index contributed by atoms with van der Waals surface area (Å²) in [6.07, 6.45) is -1.28. The van der Waals surface area contributed by atoms with Gasteiger partial charge in [0.05, 0.1) is 6.10 Å². The van der Waals surface area contributed by atoms with E-state index in [1.807, 2.05) is 0 Å². The van der Waals surface area contributed by atoms with Gasteiger partial charge >= 0.3 is 5.97 Å². The lowest BCUT2D eigenvalue weighted by Gasteiger charge is -2.16. The molecule has 2 aromatic rings. The minimum Gasteiger partial charge on any atom is -0.480 e. The number of carbonyl (C=O) groups excluding carboxylic acids is 1. The average molecular weight is 295 g/mol. The van der Waals surface area contributed by atoms with E-state index in [1.165, 1.54) is 19.1 Å². The fourth-order valence-corrected chi connectivity index (χ4v) is 2.02. The highest BCUT2D eigenvalue weighted by atomic mass is 19.1. The van der Waals surface area contributed by atoms with Gasteiger partial charge in [-0.05, 0) is 19.9 Å². The van der Waals surface area contributed by atoms with Crippen molar-refractivity contribution in [2.75, 3.05) is 0 Å². The van der Waals surface area contributed by atoms with Crippen molar-refractivity contribution >= 4 is 22.8 Å². The summed E-state index contributed by atoms with van der Waals surface area (Å²) in [6.45, 7) is 2.81. The highest BCUT2D eigenvalue weighted by Gasteiger charge is 2.28. The lowest BCUT2D eigenvalue weighted by Crippen LogP contribution is -2.47. The Balaban J connectivity index is 2.38. The Morgan fingerprint density at radius 3 is 2.57 bits per heavy atom. The van der Waals surface area contributed by atoms with E-state index in [4.69, 9.17) is 9.52 Å². The lowest BCUT2D eigenvalue weighted by molar-refractivity contribution is -0.141. The molecule has 7 heteroatoms. The molecular formula is C14H14FNO5. The van der Waals surface area contributed by atoms with Gasteiger partial charge in [0.25, 0.3) is 5.91 Å². The third kappa shape index (κ3) is 2.73. The van der Waals surface area contributed by atoms with Crippen LogP contribution in [0.25, 0.3) is 11.0 Å². The number of para-hydroxylation sites is 1. The summed E-state index contributed by atoms with van der Waals surface area (Å²) in [7, 11) is 0. The second kappa shape index (κ2) is 5.53. The first-order valence-corrected chi connectivity index (χ1v) is 6.22. The maximum atomic E-state index is 13.6. The molecule has 0 aliphatic rings. The molecule has 2 atom stereocenters. The fourth-order valence-electron chi connectivity index (χ4n) is 2.02. The van der Waals surface area contributed by atoms with Crippen LogP contribution in [0.1, 0.15) is 23.0 Å². The van der Waals surface area contributed by atoms with Crippen molar-refractivity contribution in [1.82, 2.24) is 5.32 Å². The SMILES string of the molecule is Cc1c(C(=O)NC(C(=O)O)C(C)O)oc2c(F)cccc12. The Bertz CT molecular complexity index is 707. The molecule has 2 rings (SSSR count). The molecule has 0 saturated heterocycles. The summed E-state index contributed by atoms with van der Waals surface area (Å²) in [4.78, 5) is 23.0. The van der Waals surface area contributed by atoms with Gasteiger partial charge in [0, 0.05) is 10.9 Å². The summed E-state index contributed by atoms with van der Waals surface area (Å²) >= 11 is 0. The van der Waals surface area contributed by atoms with Gasteiger partial charge in [0.2, 0.25) is 0 Å². The number of halogens is 1. The molecule has 0 bridgehead atoms. The third-order valence-electron chi connectivity index (χ3n) is 3.16. The van der Waals surface area contributed by atoms with E-state index in [2.05, 4.69) is 5.32 Å². The summed E-state index contributed by atoms with van der Waals surface area (Å²) in [5.74, 6) is -2.99. The van der Waals surface area contributed by atoms with Gasteiger partial charge in [-0.1, -0.05) is 12.1 Å². The van der Waals surface area contributed by atoms with Crippen LogP contribution in [0, 0.1) is 12.7 Å². The molecule has 0 aliphatic heterocycles. The van der Waals surface area contributed by atoms with Crippen molar-refractivity contribution in [1.29, 1.82) is 0 Å². The number of hydrogen-bond acceptors (Lipinski definition) is 4. The molecule has 112 valence electrons. The first kappa shape index (κ1) is 15.0. The van der Waals surface area contributed by atoms with Crippen molar-refractivity contribution in [3.63, 3.8) is 0 Å². The van der Waals surface area contributed by atoms with Gasteiger partial charge in [0.15, 0.2) is 23.2 Å². The summed E-state index contributed by atoms with van der Waals surface area (Å²) < 4.78 is 18.8. The molecular weight excluding hydrogens is 281 g/mol. The molecule has 6 nitrogen and oxygen atoms in total. The van der Waals surface area contributed by atoms with Gasteiger partial charge in [-0.25, -0.2) is 9.18 Å². The Morgan fingerprint density at radius 2 is 2.05 bits per heavy atom. The van der Waals surface area contributed by atoms with E-state index < -0.39 is 29.8 Å². The first-order chi connectivity index (χ1) is 9.82. The predicted octanol–water partition coefficient (Wildman–Crippen LogP) is 1.44.